The number of carbonyl (C=O) groups is 3. The van der Waals surface area contributed by atoms with Crippen LogP contribution in [0.4, 0.5) is 4.39 Å². The summed E-state index contributed by atoms with van der Waals surface area (Å²) in [5.41, 5.74) is -1.69. The van der Waals surface area contributed by atoms with Gasteiger partial charge in [-0.1, -0.05) is 68.2 Å². The van der Waals surface area contributed by atoms with Crippen molar-refractivity contribution in [3.63, 3.8) is 0 Å². The molecular formula is C33H55FO6. The van der Waals surface area contributed by atoms with Gasteiger partial charge in [0.25, 0.3) is 0 Å². The lowest BCUT2D eigenvalue weighted by Gasteiger charge is -2.42. The number of hydrogen-bond donors (Lipinski definition) is 0. The summed E-state index contributed by atoms with van der Waals surface area (Å²) in [6.45, 7) is 25.9. The Labute approximate surface area is 242 Å². The quantitative estimate of drug-likeness (QED) is 0.0598. The lowest BCUT2D eigenvalue weighted by Crippen LogP contribution is -2.46. The van der Waals surface area contributed by atoms with Gasteiger partial charge >= 0.3 is 17.9 Å². The van der Waals surface area contributed by atoms with Gasteiger partial charge in [-0.3, -0.25) is 0 Å². The maximum atomic E-state index is 13.5. The van der Waals surface area contributed by atoms with Crippen molar-refractivity contribution < 1.29 is 33.0 Å². The van der Waals surface area contributed by atoms with Crippen LogP contribution in [0, 0.1) is 11.8 Å². The van der Waals surface area contributed by atoms with Crippen LogP contribution in [0.3, 0.4) is 0 Å². The van der Waals surface area contributed by atoms with E-state index in [0.29, 0.717) is 56.9 Å². The predicted molar refractivity (Wildman–Crippen MR) is 159 cm³/mol. The molecule has 40 heavy (non-hydrogen) atoms. The molecule has 3 unspecified atom stereocenters. The minimum absolute atomic E-state index is 0.0273. The molecule has 0 aliphatic rings. The van der Waals surface area contributed by atoms with Crippen molar-refractivity contribution in [2.24, 2.45) is 11.8 Å². The first kappa shape index (κ1) is 37.6. The smallest absolute Gasteiger partial charge is 0.367 e. The molecule has 0 amide bonds. The van der Waals surface area contributed by atoms with Crippen molar-refractivity contribution in [2.75, 3.05) is 0 Å². The summed E-state index contributed by atoms with van der Waals surface area (Å²) >= 11 is 0. The minimum atomic E-state index is -1.10. The Bertz CT molecular complexity index is 874. The number of carbonyl (C=O) groups excluding carboxylic acids is 3. The molecule has 3 atom stereocenters. The van der Waals surface area contributed by atoms with E-state index in [-0.39, 0.29) is 11.8 Å². The highest BCUT2D eigenvalue weighted by Crippen LogP contribution is 2.39. The highest BCUT2D eigenvalue weighted by atomic mass is 19.1. The van der Waals surface area contributed by atoms with E-state index in [1.807, 2.05) is 48.5 Å². The fraction of sp³-hybridized carbons (Fsp3) is 0.727. The Morgan fingerprint density at radius 3 is 1.68 bits per heavy atom. The molecule has 0 spiro atoms. The Kier molecular flexibility index (Phi) is 16.3. The Morgan fingerprint density at radius 1 is 0.775 bits per heavy atom. The van der Waals surface area contributed by atoms with Crippen molar-refractivity contribution in [1.82, 2.24) is 0 Å². The molecule has 0 rings (SSSR count). The molecule has 0 aliphatic carbocycles. The highest BCUT2D eigenvalue weighted by Gasteiger charge is 2.42. The maximum absolute atomic E-state index is 13.5. The van der Waals surface area contributed by atoms with Crippen molar-refractivity contribution >= 4 is 17.9 Å². The van der Waals surface area contributed by atoms with Crippen LogP contribution < -0.4 is 0 Å². The molecule has 7 heteroatoms. The van der Waals surface area contributed by atoms with Gasteiger partial charge in [0.2, 0.25) is 5.83 Å². The van der Waals surface area contributed by atoms with Gasteiger partial charge in [0.05, 0.1) is 0 Å². The fourth-order valence-electron chi connectivity index (χ4n) is 5.70. The maximum Gasteiger partial charge on any atom is 0.367 e. The first-order chi connectivity index (χ1) is 18.6. The number of unbranched alkanes of at least 4 members (excludes halogenated alkanes) is 1. The molecule has 0 saturated heterocycles. The van der Waals surface area contributed by atoms with Gasteiger partial charge in [-0.15, -0.1) is 0 Å². The van der Waals surface area contributed by atoms with Gasteiger partial charge in [-0.25, -0.2) is 14.4 Å². The van der Waals surface area contributed by atoms with Crippen LogP contribution in [-0.2, 0) is 28.6 Å². The molecule has 0 fully saturated rings. The van der Waals surface area contributed by atoms with Crippen molar-refractivity contribution in [1.29, 1.82) is 0 Å². The summed E-state index contributed by atoms with van der Waals surface area (Å²) in [4.78, 5) is 36.7. The molecule has 0 aliphatic heterocycles. The van der Waals surface area contributed by atoms with Gasteiger partial charge in [0.15, 0.2) is 0 Å². The number of halogens is 1. The van der Waals surface area contributed by atoms with E-state index in [1.165, 1.54) is 6.08 Å². The first-order valence-corrected chi connectivity index (χ1v) is 15.0. The van der Waals surface area contributed by atoms with Crippen LogP contribution in [0.15, 0.2) is 37.2 Å². The first-order valence-electron chi connectivity index (χ1n) is 15.0. The third-order valence-electron chi connectivity index (χ3n) is 8.73. The summed E-state index contributed by atoms with van der Waals surface area (Å²) in [7, 11) is 0. The zero-order valence-electron chi connectivity index (χ0n) is 26.5. The molecule has 0 radical (unpaired) electrons. The largest absolute Gasteiger partial charge is 0.456 e. The number of ether oxygens (including phenoxy) is 3. The standard InChI is InChI=1S/C33H55FO6/c1-12-28(35)38-31(13-2,14-3)21-17-18-22-32(15-4,39-29(36)24(6)7)23-19-20-26(10)33(16-5,25(8)9)40-30(37)27(11)34/h12,25-26H,1,6,11,13-23H2,2-5,7-10H3. The minimum Gasteiger partial charge on any atom is -0.456 e. The zero-order chi connectivity index (χ0) is 31.1. The Morgan fingerprint density at radius 2 is 1.27 bits per heavy atom. The molecule has 0 N–H and O–H groups in total. The van der Waals surface area contributed by atoms with Gasteiger partial charge in [-0.2, -0.15) is 4.39 Å². The van der Waals surface area contributed by atoms with Crippen LogP contribution in [0.2, 0.25) is 0 Å². The fourth-order valence-corrected chi connectivity index (χ4v) is 5.70. The van der Waals surface area contributed by atoms with E-state index in [9.17, 15) is 18.8 Å². The molecule has 0 heterocycles. The third-order valence-corrected chi connectivity index (χ3v) is 8.73. The Hall–Kier alpha value is -2.44. The molecule has 0 aromatic carbocycles. The summed E-state index contributed by atoms with van der Waals surface area (Å²) < 4.78 is 31.0. The molecule has 0 saturated carbocycles. The van der Waals surface area contributed by atoms with E-state index in [1.54, 1.807) is 6.92 Å². The monoisotopic (exact) mass is 566 g/mol. The summed E-state index contributed by atoms with van der Waals surface area (Å²) in [5, 5.41) is 0. The number of esters is 3. The molecule has 0 aromatic rings. The van der Waals surface area contributed by atoms with Gasteiger partial charge in [0, 0.05) is 11.6 Å². The molecule has 6 nitrogen and oxygen atoms in total. The average molecular weight is 567 g/mol. The number of hydrogen-bond acceptors (Lipinski definition) is 6. The summed E-state index contributed by atoms with van der Waals surface area (Å²) in [6, 6.07) is 0. The second-order valence-electron chi connectivity index (χ2n) is 11.5. The second-order valence-corrected chi connectivity index (χ2v) is 11.5. The van der Waals surface area contributed by atoms with E-state index in [2.05, 4.69) is 19.7 Å². The summed E-state index contributed by atoms with van der Waals surface area (Å²) in [5.74, 6) is -3.03. The van der Waals surface area contributed by atoms with Crippen LogP contribution in [0.25, 0.3) is 0 Å². The van der Waals surface area contributed by atoms with E-state index in [4.69, 9.17) is 14.2 Å². The van der Waals surface area contributed by atoms with E-state index >= 15 is 0 Å². The molecule has 0 aromatic heterocycles. The van der Waals surface area contributed by atoms with Crippen LogP contribution in [-0.4, -0.2) is 34.7 Å². The van der Waals surface area contributed by atoms with E-state index in [0.717, 1.165) is 19.3 Å². The molecule has 230 valence electrons. The summed E-state index contributed by atoms with van der Waals surface area (Å²) in [6.07, 6.45) is 8.83. The van der Waals surface area contributed by atoms with Crippen molar-refractivity contribution in [2.45, 2.75) is 143 Å². The lowest BCUT2D eigenvalue weighted by atomic mass is 9.74. The van der Waals surface area contributed by atoms with Crippen LogP contribution >= 0.6 is 0 Å². The van der Waals surface area contributed by atoms with Gasteiger partial charge in [0.1, 0.15) is 16.8 Å². The third kappa shape index (κ3) is 10.9. The average Bonchev–Trinajstić information content (AvgIpc) is 2.92. The Balaban J connectivity index is 5.66. The van der Waals surface area contributed by atoms with Crippen molar-refractivity contribution in [3.05, 3.63) is 37.2 Å². The molecule has 0 bridgehead atoms. The van der Waals surface area contributed by atoms with Crippen molar-refractivity contribution in [3.8, 4) is 0 Å². The van der Waals surface area contributed by atoms with Crippen LogP contribution in [0.5, 0.6) is 0 Å². The second kappa shape index (κ2) is 17.4. The van der Waals surface area contributed by atoms with Crippen LogP contribution in [0.1, 0.15) is 126 Å². The van der Waals surface area contributed by atoms with E-state index < -0.39 is 40.5 Å². The van der Waals surface area contributed by atoms with Gasteiger partial charge < -0.3 is 14.2 Å². The van der Waals surface area contributed by atoms with Gasteiger partial charge in [-0.05, 0) is 89.4 Å². The topological polar surface area (TPSA) is 78.9 Å². The predicted octanol–water partition coefficient (Wildman–Crippen LogP) is 8.74. The zero-order valence-corrected chi connectivity index (χ0v) is 26.5. The normalized spacial score (nSPS) is 15.3. The number of rotatable bonds is 21. The lowest BCUT2D eigenvalue weighted by molar-refractivity contribution is -0.172. The SMILES string of the molecule is C=CC(=O)OC(CC)(CC)CCCCC(CC)(CCCC(C)C(CC)(OC(=O)C(=C)F)C(C)C)OC(=O)C(=C)C. The molecular weight excluding hydrogens is 511 g/mol. The highest BCUT2D eigenvalue weighted by molar-refractivity contribution is 5.87.